The molecular formula is C15H16N2OS2. The van der Waals surface area contributed by atoms with Crippen molar-refractivity contribution in [3.05, 3.63) is 35.2 Å². The maximum Gasteiger partial charge on any atom is 0.186 e. The van der Waals surface area contributed by atoms with E-state index in [0.29, 0.717) is 0 Å². The number of benzene rings is 1. The zero-order chi connectivity index (χ0) is 13.8. The van der Waals surface area contributed by atoms with E-state index in [-0.39, 0.29) is 0 Å². The van der Waals surface area contributed by atoms with Gasteiger partial charge in [0.05, 0.1) is 10.6 Å². The number of anilines is 1. The third-order valence-electron chi connectivity index (χ3n) is 3.29. The molecule has 3 rings (SSSR count). The van der Waals surface area contributed by atoms with Crippen LogP contribution in [0.2, 0.25) is 0 Å². The van der Waals surface area contributed by atoms with Crippen LogP contribution in [0.5, 0.6) is 0 Å². The Morgan fingerprint density at radius 3 is 2.80 bits per heavy atom. The molecule has 20 heavy (non-hydrogen) atoms. The summed E-state index contributed by atoms with van der Waals surface area (Å²) in [5.74, 6) is 2.35. The van der Waals surface area contributed by atoms with Gasteiger partial charge in [-0.05, 0) is 12.2 Å². The van der Waals surface area contributed by atoms with Crippen LogP contribution in [0.3, 0.4) is 0 Å². The summed E-state index contributed by atoms with van der Waals surface area (Å²) in [6.07, 6.45) is 2.11. The van der Waals surface area contributed by atoms with E-state index in [1.807, 2.05) is 42.1 Å². The summed E-state index contributed by atoms with van der Waals surface area (Å²) >= 11 is 3.50. The molecule has 3 nitrogen and oxygen atoms in total. The van der Waals surface area contributed by atoms with Crippen molar-refractivity contribution in [3.8, 4) is 11.3 Å². The fraction of sp³-hybridized carbons (Fsp3) is 0.333. The van der Waals surface area contributed by atoms with Crippen LogP contribution in [0.15, 0.2) is 30.3 Å². The predicted octanol–water partition coefficient (Wildman–Crippen LogP) is 3.57. The summed E-state index contributed by atoms with van der Waals surface area (Å²) in [6, 6.07) is 9.94. The van der Waals surface area contributed by atoms with Gasteiger partial charge in [0, 0.05) is 24.4 Å². The standard InChI is InChI=1S/C15H16N2OS2/c18-11-13-14(12-5-2-1-3-6-12)16-15(20-13)17-7-4-9-19-10-8-17/h1-3,5-6,11H,4,7-10H2. The maximum absolute atomic E-state index is 11.3. The van der Waals surface area contributed by atoms with E-state index in [9.17, 15) is 4.79 Å². The molecule has 1 fully saturated rings. The SMILES string of the molecule is O=Cc1sc(N2CCCSCC2)nc1-c1ccccc1. The Kier molecular flexibility index (Phi) is 4.38. The summed E-state index contributed by atoms with van der Waals surface area (Å²) in [6.45, 7) is 2.05. The number of carbonyl (C=O) groups is 1. The first kappa shape index (κ1) is 13.6. The minimum absolute atomic E-state index is 0.725. The summed E-state index contributed by atoms with van der Waals surface area (Å²) < 4.78 is 0. The lowest BCUT2D eigenvalue weighted by Crippen LogP contribution is -2.25. The lowest BCUT2D eigenvalue weighted by atomic mass is 10.1. The van der Waals surface area contributed by atoms with Crippen LogP contribution >= 0.6 is 23.1 Å². The molecule has 0 unspecified atom stereocenters. The topological polar surface area (TPSA) is 33.2 Å². The van der Waals surface area contributed by atoms with E-state index in [0.717, 1.165) is 46.4 Å². The van der Waals surface area contributed by atoms with Gasteiger partial charge in [0.1, 0.15) is 0 Å². The number of thiazole rings is 1. The number of nitrogens with zero attached hydrogens (tertiary/aromatic N) is 2. The van der Waals surface area contributed by atoms with Gasteiger partial charge < -0.3 is 4.90 Å². The van der Waals surface area contributed by atoms with Gasteiger partial charge in [-0.2, -0.15) is 11.8 Å². The molecule has 0 N–H and O–H groups in total. The Morgan fingerprint density at radius 2 is 2.00 bits per heavy atom. The van der Waals surface area contributed by atoms with Crippen LogP contribution in [0.1, 0.15) is 16.1 Å². The second-order valence-corrected chi connectivity index (χ2v) is 6.88. The summed E-state index contributed by atoms with van der Waals surface area (Å²) in [5.41, 5.74) is 1.83. The number of rotatable bonds is 3. The van der Waals surface area contributed by atoms with E-state index < -0.39 is 0 Å². The monoisotopic (exact) mass is 304 g/mol. The molecule has 1 aromatic carbocycles. The van der Waals surface area contributed by atoms with Crippen molar-refractivity contribution >= 4 is 34.5 Å². The Hall–Kier alpha value is -1.33. The number of carbonyl (C=O) groups excluding carboxylic acids is 1. The maximum atomic E-state index is 11.3. The van der Waals surface area contributed by atoms with E-state index in [1.54, 1.807) is 0 Å². The molecule has 5 heteroatoms. The average molecular weight is 304 g/mol. The number of aromatic nitrogens is 1. The molecule has 1 saturated heterocycles. The van der Waals surface area contributed by atoms with Crippen molar-refractivity contribution in [1.29, 1.82) is 0 Å². The van der Waals surface area contributed by atoms with Crippen LogP contribution in [0, 0.1) is 0 Å². The van der Waals surface area contributed by atoms with Gasteiger partial charge in [-0.1, -0.05) is 41.7 Å². The van der Waals surface area contributed by atoms with Crippen molar-refractivity contribution in [2.45, 2.75) is 6.42 Å². The number of hydrogen-bond acceptors (Lipinski definition) is 5. The molecule has 0 atom stereocenters. The predicted molar refractivity (Wildman–Crippen MR) is 87.1 cm³/mol. The molecule has 0 radical (unpaired) electrons. The normalized spacial score (nSPS) is 15.9. The number of hydrogen-bond donors (Lipinski definition) is 0. The van der Waals surface area contributed by atoms with Gasteiger partial charge in [0.15, 0.2) is 11.4 Å². The first-order valence-corrected chi connectivity index (χ1v) is 8.70. The van der Waals surface area contributed by atoms with Crippen molar-refractivity contribution in [2.24, 2.45) is 0 Å². The van der Waals surface area contributed by atoms with Crippen LogP contribution < -0.4 is 4.90 Å². The van der Waals surface area contributed by atoms with Gasteiger partial charge in [0.2, 0.25) is 0 Å². The molecule has 2 aromatic rings. The largest absolute Gasteiger partial charge is 0.347 e. The van der Waals surface area contributed by atoms with Crippen molar-refractivity contribution in [3.63, 3.8) is 0 Å². The fourth-order valence-corrected chi connectivity index (χ4v) is 4.12. The van der Waals surface area contributed by atoms with Gasteiger partial charge in [-0.15, -0.1) is 0 Å². The average Bonchev–Trinajstić information content (AvgIpc) is 2.75. The van der Waals surface area contributed by atoms with E-state index in [2.05, 4.69) is 4.90 Å². The van der Waals surface area contributed by atoms with Gasteiger partial charge in [-0.3, -0.25) is 4.79 Å². The van der Waals surface area contributed by atoms with E-state index in [4.69, 9.17) is 4.98 Å². The Labute approximate surface area is 127 Å². The quantitative estimate of drug-likeness (QED) is 0.812. The molecule has 0 aliphatic carbocycles. The molecular weight excluding hydrogens is 288 g/mol. The number of thioether (sulfide) groups is 1. The van der Waals surface area contributed by atoms with Gasteiger partial charge in [0.25, 0.3) is 0 Å². The molecule has 1 aliphatic rings. The summed E-state index contributed by atoms with van der Waals surface area (Å²) in [4.78, 5) is 19.1. The molecule has 104 valence electrons. The minimum Gasteiger partial charge on any atom is -0.347 e. The molecule has 2 heterocycles. The molecule has 0 amide bonds. The highest BCUT2D eigenvalue weighted by Crippen LogP contribution is 2.32. The van der Waals surface area contributed by atoms with Gasteiger partial charge >= 0.3 is 0 Å². The van der Waals surface area contributed by atoms with E-state index >= 15 is 0 Å². The summed E-state index contributed by atoms with van der Waals surface area (Å²) in [5, 5.41) is 0.980. The highest BCUT2D eigenvalue weighted by atomic mass is 32.2. The second kappa shape index (κ2) is 6.41. The Bertz CT molecular complexity index is 575. The third kappa shape index (κ3) is 2.88. The van der Waals surface area contributed by atoms with Crippen LogP contribution in [0.25, 0.3) is 11.3 Å². The first-order valence-electron chi connectivity index (χ1n) is 6.72. The molecule has 0 spiro atoms. The van der Waals surface area contributed by atoms with E-state index in [1.165, 1.54) is 23.5 Å². The fourth-order valence-electron chi connectivity index (χ4n) is 2.28. The van der Waals surface area contributed by atoms with Crippen LogP contribution in [0.4, 0.5) is 5.13 Å². The van der Waals surface area contributed by atoms with Crippen LogP contribution in [-0.2, 0) is 0 Å². The third-order valence-corrected chi connectivity index (χ3v) is 5.38. The number of aldehydes is 1. The minimum atomic E-state index is 0.725. The lowest BCUT2D eigenvalue weighted by molar-refractivity contribution is 0.112. The summed E-state index contributed by atoms with van der Waals surface area (Å²) in [7, 11) is 0. The Balaban J connectivity index is 1.94. The smallest absolute Gasteiger partial charge is 0.186 e. The molecule has 0 bridgehead atoms. The zero-order valence-corrected chi connectivity index (χ0v) is 12.8. The first-order chi connectivity index (χ1) is 9.88. The lowest BCUT2D eigenvalue weighted by Gasteiger charge is -2.18. The highest BCUT2D eigenvalue weighted by molar-refractivity contribution is 7.99. The molecule has 0 saturated carbocycles. The zero-order valence-electron chi connectivity index (χ0n) is 11.1. The molecule has 1 aliphatic heterocycles. The van der Waals surface area contributed by atoms with Crippen molar-refractivity contribution in [1.82, 2.24) is 4.98 Å². The van der Waals surface area contributed by atoms with Crippen molar-refractivity contribution < 1.29 is 4.79 Å². The second-order valence-electron chi connectivity index (χ2n) is 4.65. The van der Waals surface area contributed by atoms with Crippen molar-refractivity contribution in [2.75, 3.05) is 29.5 Å². The molecule has 1 aromatic heterocycles. The highest BCUT2D eigenvalue weighted by Gasteiger charge is 2.18. The van der Waals surface area contributed by atoms with Crippen LogP contribution in [-0.4, -0.2) is 35.9 Å². The van der Waals surface area contributed by atoms with Gasteiger partial charge in [-0.25, -0.2) is 4.98 Å². The Morgan fingerprint density at radius 1 is 1.15 bits per heavy atom.